The summed E-state index contributed by atoms with van der Waals surface area (Å²) in [6.07, 6.45) is 2.20. The number of rotatable bonds is 3. The van der Waals surface area contributed by atoms with Crippen LogP contribution >= 0.6 is 11.3 Å². The molecular formula is C18H26N4O2S. The van der Waals surface area contributed by atoms with E-state index in [1.54, 1.807) is 10.9 Å². The number of likely N-dealkylation sites (tertiary alicyclic amines) is 3. The largest absolute Gasteiger partial charge is 0.342 e. The number of hydrogen-bond donors (Lipinski definition) is 0. The first-order chi connectivity index (χ1) is 12.0. The minimum atomic E-state index is -0.430. The number of hydrogen-bond acceptors (Lipinski definition) is 5. The van der Waals surface area contributed by atoms with Gasteiger partial charge >= 0.3 is 0 Å². The second-order valence-corrected chi connectivity index (χ2v) is 8.65. The average Bonchev–Trinajstić information content (AvgIpc) is 3.36. The molecular weight excluding hydrogens is 336 g/mol. The van der Waals surface area contributed by atoms with Gasteiger partial charge in [0.2, 0.25) is 5.91 Å². The molecule has 25 heavy (non-hydrogen) atoms. The molecule has 0 aromatic carbocycles. The fourth-order valence-electron chi connectivity index (χ4n) is 4.67. The van der Waals surface area contributed by atoms with E-state index in [9.17, 15) is 9.59 Å². The minimum Gasteiger partial charge on any atom is -0.342 e. The molecule has 3 aliphatic heterocycles. The van der Waals surface area contributed by atoms with Crippen molar-refractivity contribution in [2.24, 2.45) is 11.3 Å². The summed E-state index contributed by atoms with van der Waals surface area (Å²) in [5, 5.41) is 1.80. The number of thiazole rings is 1. The van der Waals surface area contributed by atoms with Crippen molar-refractivity contribution in [2.45, 2.75) is 32.7 Å². The van der Waals surface area contributed by atoms with E-state index in [4.69, 9.17) is 0 Å². The first kappa shape index (κ1) is 17.0. The summed E-state index contributed by atoms with van der Waals surface area (Å²) in [6, 6.07) is 0.427. The number of amides is 2. The molecule has 3 saturated heterocycles. The fraction of sp³-hybridized carbons (Fsp3) is 0.722. The highest BCUT2D eigenvalue weighted by atomic mass is 32.1. The van der Waals surface area contributed by atoms with Crippen molar-refractivity contribution in [2.75, 3.05) is 39.3 Å². The maximum Gasteiger partial charge on any atom is 0.273 e. The first-order valence-electron chi connectivity index (χ1n) is 9.22. The molecule has 2 amide bonds. The Morgan fingerprint density at radius 2 is 1.96 bits per heavy atom. The molecule has 2 atom stereocenters. The lowest BCUT2D eigenvalue weighted by molar-refractivity contribution is -0.141. The van der Waals surface area contributed by atoms with E-state index in [1.807, 2.05) is 9.80 Å². The van der Waals surface area contributed by atoms with Crippen LogP contribution in [0.4, 0.5) is 0 Å². The van der Waals surface area contributed by atoms with Crippen LogP contribution in [-0.2, 0) is 4.79 Å². The Kier molecular flexibility index (Phi) is 4.32. The van der Waals surface area contributed by atoms with Crippen LogP contribution in [0.2, 0.25) is 0 Å². The van der Waals surface area contributed by atoms with Gasteiger partial charge in [-0.3, -0.25) is 14.5 Å². The smallest absolute Gasteiger partial charge is 0.273 e. The summed E-state index contributed by atoms with van der Waals surface area (Å²) in [5.74, 6) is 0.470. The molecule has 3 aliphatic rings. The zero-order valence-corrected chi connectivity index (χ0v) is 15.8. The third kappa shape index (κ3) is 2.77. The SMILES string of the molecule is CC(C)N1CC2CN(C(=O)c3cscn3)CC2(C(=O)N2CCCC2)C1. The Morgan fingerprint density at radius 1 is 1.20 bits per heavy atom. The molecule has 1 aromatic rings. The second kappa shape index (κ2) is 6.36. The van der Waals surface area contributed by atoms with Crippen molar-refractivity contribution in [1.82, 2.24) is 19.7 Å². The summed E-state index contributed by atoms with van der Waals surface area (Å²) in [5.41, 5.74) is 1.77. The van der Waals surface area contributed by atoms with Crippen LogP contribution in [0.15, 0.2) is 10.9 Å². The Labute approximate surface area is 152 Å². The summed E-state index contributed by atoms with van der Waals surface area (Å²) in [7, 11) is 0. The van der Waals surface area contributed by atoms with Gasteiger partial charge in [0.05, 0.1) is 10.9 Å². The van der Waals surface area contributed by atoms with Gasteiger partial charge in [-0.2, -0.15) is 0 Å². The van der Waals surface area contributed by atoms with E-state index in [0.29, 0.717) is 24.8 Å². The molecule has 6 nitrogen and oxygen atoms in total. The lowest BCUT2D eigenvalue weighted by atomic mass is 9.79. The van der Waals surface area contributed by atoms with Crippen LogP contribution in [-0.4, -0.2) is 76.8 Å². The molecule has 0 N–H and O–H groups in total. The monoisotopic (exact) mass is 362 g/mol. The highest BCUT2D eigenvalue weighted by Crippen LogP contribution is 2.45. The molecule has 0 saturated carbocycles. The van der Waals surface area contributed by atoms with Gasteiger partial charge in [0, 0.05) is 56.6 Å². The predicted molar refractivity (Wildman–Crippen MR) is 96.5 cm³/mol. The maximum atomic E-state index is 13.4. The van der Waals surface area contributed by atoms with E-state index < -0.39 is 5.41 Å². The van der Waals surface area contributed by atoms with Gasteiger partial charge in [-0.25, -0.2) is 4.98 Å². The van der Waals surface area contributed by atoms with Gasteiger partial charge in [0.25, 0.3) is 5.91 Å². The van der Waals surface area contributed by atoms with Gasteiger partial charge in [0.1, 0.15) is 5.69 Å². The van der Waals surface area contributed by atoms with Crippen LogP contribution in [0.25, 0.3) is 0 Å². The van der Waals surface area contributed by atoms with Crippen LogP contribution in [0.1, 0.15) is 37.2 Å². The molecule has 4 heterocycles. The summed E-state index contributed by atoms with van der Waals surface area (Å²) in [6.45, 7) is 8.99. The lowest BCUT2D eigenvalue weighted by Gasteiger charge is -2.33. The molecule has 0 radical (unpaired) electrons. The number of nitrogens with zero attached hydrogens (tertiary/aromatic N) is 4. The summed E-state index contributed by atoms with van der Waals surface area (Å²) >= 11 is 1.44. The van der Waals surface area contributed by atoms with Gasteiger partial charge in [-0.15, -0.1) is 11.3 Å². The van der Waals surface area contributed by atoms with E-state index in [-0.39, 0.29) is 17.7 Å². The molecule has 1 aromatic heterocycles. The van der Waals surface area contributed by atoms with Crippen molar-refractivity contribution in [3.05, 3.63) is 16.6 Å². The lowest BCUT2D eigenvalue weighted by Crippen LogP contribution is -2.49. The predicted octanol–water partition coefficient (Wildman–Crippen LogP) is 1.55. The van der Waals surface area contributed by atoms with Crippen LogP contribution < -0.4 is 0 Å². The van der Waals surface area contributed by atoms with E-state index in [2.05, 4.69) is 23.7 Å². The Bertz CT molecular complexity index is 656. The van der Waals surface area contributed by atoms with Crippen LogP contribution in [0, 0.1) is 11.3 Å². The second-order valence-electron chi connectivity index (χ2n) is 7.93. The van der Waals surface area contributed by atoms with Crippen molar-refractivity contribution < 1.29 is 9.59 Å². The van der Waals surface area contributed by atoms with E-state index in [1.165, 1.54) is 11.3 Å². The standard InChI is InChI=1S/C18H26N4O2S/c1-13(2)21-7-14-8-22(16(23)15-9-25-12-19-15)11-18(14,10-21)17(24)20-5-3-4-6-20/h9,12-14H,3-8,10-11H2,1-2H3. The molecule has 136 valence electrons. The Morgan fingerprint density at radius 3 is 2.60 bits per heavy atom. The molecule has 0 aliphatic carbocycles. The highest BCUT2D eigenvalue weighted by Gasteiger charge is 2.59. The van der Waals surface area contributed by atoms with Gasteiger partial charge in [0.15, 0.2) is 0 Å². The number of carbonyl (C=O) groups excluding carboxylic acids is 2. The Hall–Kier alpha value is -1.47. The molecule has 0 spiro atoms. The van der Waals surface area contributed by atoms with Crippen molar-refractivity contribution >= 4 is 23.2 Å². The van der Waals surface area contributed by atoms with Crippen LogP contribution in [0.5, 0.6) is 0 Å². The van der Waals surface area contributed by atoms with Gasteiger partial charge < -0.3 is 9.80 Å². The number of fused-ring (bicyclic) bond motifs is 1. The molecule has 3 fully saturated rings. The van der Waals surface area contributed by atoms with Gasteiger partial charge in [-0.05, 0) is 26.7 Å². The fourth-order valence-corrected chi connectivity index (χ4v) is 5.20. The molecule has 2 unspecified atom stereocenters. The highest BCUT2D eigenvalue weighted by molar-refractivity contribution is 7.07. The average molecular weight is 362 g/mol. The maximum absolute atomic E-state index is 13.4. The zero-order chi connectivity index (χ0) is 17.6. The van der Waals surface area contributed by atoms with Crippen molar-refractivity contribution in [3.63, 3.8) is 0 Å². The summed E-state index contributed by atoms with van der Waals surface area (Å²) < 4.78 is 0. The minimum absolute atomic E-state index is 0.0275. The molecule has 0 bridgehead atoms. The van der Waals surface area contributed by atoms with Crippen molar-refractivity contribution in [1.29, 1.82) is 0 Å². The van der Waals surface area contributed by atoms with Crippen molar-refractivity contribution in [3.8, 4) is 0 Å². The van der Waals surface area contributed by atoms with Crippen LogP contribution in [0.3, 0.4) is 0 Å². The molecule has 7 heteroatoms. The number of aromatic nitrogens is 1. The third-order valence-electron chi connectivity index (χ3n) is 6.12. The topological polar surface area (TPSA) is 56.8 Å². The van der Waals surface area contributed by atoms with E-state index in [0.717, 1.165) is 39.0 Å². The van der Waals surface area contributed by atoms with Gasteiger partial charge in [-0.1, -0.05) is 0 Å². The normalized spacial score (nSPS) is 29.6. The summed E-state index contributed by atoms with van der Waals surface area (Å²) in [4.78, 5) is 36.7. The quantitative estimate of drug-likeness (QED) is 0.819. The van der Waals surface area contributed by atoms with E-state index >= 15 is 0 Å². The zero-order valence-electron chi connectivity index (χ0n) is 15.0. The Balaban J connectivity index is 1.59. The number of carbonyl (C=O) groups is 2. The first-order valence-corrected chi connectivity index (χ1v) is 10.2. The third-order valence-corrected chi connectivity index (χ3v) is 6.71. The molecule has 4 rings (SSSR count).